The van der Waals surface area contributed by atoms with Crippen LogP contribution in [-0.2, 0) is 33.3 Å². The van der Waals surface area contributed by atoms with E-state index in [4.69, 9.17) is 23.7 Å². The molecule has 2 aromatic rings. The quantitative estimate of drug-likeness (QED) is 0.167. The van der Waals surface area contributed by atoms with Gasteiger partial charge in [-0.1, -0.05) is 0 Å². The topological polar surface area (TPSA) is 231 Å². The molecule has 1 aromatic carbocycles. The van der Waals surface area contributed by atoms with Crippen LogP contribution in [-0.4, -0.2) is 74.9 Å². The molecule has 1 N–H and O–H groups in total. The van der Waals surface area contributed by atoms with Gasteiger partial charge >= 0.3 is 23.6 Å². The van der Waals surface area contributed by atoms with Crippen molar-refractivity contribution in [3.05, 3.63) is 61.2 Å². The third-order valence-corrected chi connectivity index (χ3v) is 5.80. The van der Waals surface area contributed by atoms with Crippen LogP contribution in [0.15, 0.2) is 35.3 Å². The van der Waals surface area contributed by atoms with Crippen molar-refractivity contribution in [2.24, 2.45) is 0 Å². The Morgan fingerprint density at radius 3 is 2.24 bits per heavy atom. The monoisotopic (exact) mass is 593 g/mol. The van der Waals surface area contributed by atoms with Gasteiger partial charge in [0, 0.05) is 39.1 Å². The first kappa shape index (κ1) is 31.4. The van der Waals surface area contributed by atoms with E-state index in [2.05, 4.69) is 10.3 Å². The van der Waals surface area contributed by atoms with Gasteiger partial charge in [-0.25, -0.2) is 4.79 Å². The lowest BCUT2D eigenvalue weighted by atomic mass is 9.94. The molecule has 42 heavy (non-hydrogen) atoms. The Balaban J connectivity index is 2.22. The van der Waals surface area contributed by atoms with Gasteiger partial charge in [-0.05, 0) is 13.0 Å². The number of anilines is 1. The van der Waals surface area contributed by atoms with Crippen molar-refractivity contribution >= 4 is 35.0 Å². The van der Waals surface area contributed by atoms with Gasteiger partial charge < -0.3 is 29.0 Å². The summed E-state index contributed by atoms with van der Waals surface area (Å²) >= 11 is 0. The van der Waals surface area contributed by atoms with Gasteiger partial charge in [0.1, 0.15) is 24.4 Å². The van der Waals surface area contributed by atoms with E-state index in [0.717, 1.165) is 37.5 Å². The fourth-order valence-electron chi connectivity index (χ4n) is 4.22. The first-order valence-electron chi connectivity index (χ1n) is 12.4. The molecule has 0 radical (unpaired) electrons. The number of carbonyl (C=O) groups excluding carboxylic acids is 3. The third-order valence-electron chi connectivity index (χ3n) is 5.80. The van der Waals surface area contributed by atoms with Crippen LogP contribution in [0.2, 0.25) is 0 Å². The SMILES string of the molecule is CCOc1ccn([C@H]2O[C@@H](COC(C)=O)[C@@H](OC(C)=O)[C@@H](OC(C)=O)[C@@H]2Nc2ccc([N+](=O)[O-])cc2[N+](=O)[O-])c(=O)n1. The Labute approximate surface area is 236 Å². The number of hydrogen-bond donors (Lipinski definition) is 1. The number of nitro groups is 2. The second-order valence-electron chi connectivity index (χ2n) is 8.79. The van der Waals surface area contributed by atoms with Gasteiger partial charge in [0.05, 0.1) is 22.5 Å². The number of benzene rings is 1. The molecule has 0 aliphatic carbocycles. The molecule has 5 atom stereocenters. The van der Waals surface area contributed by atoms with E-state index in [9.17, 15) is 39.4 Å². The van der Waals surface area contributed by atoms with Crippen molar-refractivity contribution < 1.29 is 47.9 Å². The molecular formula is C24H27N5O13. The van der Waals surface area contributed by atoms with Gasteiger partial charge in [0.2, 0.25) is 5.88 Å². The number of ether oxygens (including phenoxy) is 5. The number of nitrogens with zero attached hydrogens (tertiary/aromatic N) is 4. The molecule has 1 saturated heterocycles. The van der Waals surface area contributed by atoms with Crippen LogP contribution in [0.25, 0.3) is 0 Å². The molecule has 226 valence electrons. The average Bonchev–Trinajstić information content (AvgIpc) is 2.89. The number of nitro benzene ring substituents is 2. The zero-order valence-corrected chi connectivity index (χ0v) is 22.8. The van der Waals surface area contributed by atoms with E-state index in [1.807, 2.05) is 0 Å². The van der Waals surface area contributed by atoms with Crippen LogP contribution in [0.1, 0.15) is 33.9 Å². The summed E-state index contributed by atoms with van der Waals surface area (Å²) in [6.07, 6.45) is -4.53. The van der Waals surface area contributed by atoms with E-state index in [1.54, 1.807) is 6.92 Å². The minimum absolute atomic E-state index is 0.0177. The summed E-state index contributed by atoms with van der Waals surface area (Å²) < 4.78 is 28.2. The predicted octanol–water partition coefficient (Wildman–Crippen LogP) is 1.26. The number of rotatable bonds is 11. The highest BCUT2D eigenvalue weighted by molar-refractivity contribution is 5.69. The number of hydrogen-bond acceptors (Lipinski definition) is 15. The van der Waals surface area contributed by atoms with E-state index < -0.39 is 82.0 Å². The molecule has 1 aliphatic heterocycles. The van der Waals surface area contributed by atoms with E-state index in [0.29, 0.717) is 6.07 Å². The Kier molecular flexibility index (Phi) is 10.1. The van der Waals surface area contributed by atoms with Crippen LogP contribution in [0, 0.1) is 20.2 Å². The normalized spacial score (nSPS) is 21.5. The van der Waals surface area contributed by atoms with Gasteiger partial charge in [0.15, 0.2) is 18.4 Å². The van der Waals surface area contributed by atoms with Gasteiger partial charge in [-0.15, -0.1) is 0 Å². The third kappa shape index (κ3) is 7.53. The van der Waals surface area contributed by atoms with Crippen molar-refractivity contribution in [1.82, 2.24) is 9.55 Å². The van der Waals surface area contributed by atoms with Gasteiger partial charge in [-0.3, -0.25) is 39.2 Å². The number of carbonyl (C=O) groups is 3. The molecule has 0 saturated carbocycles. The van der Waals surface area contributed by atoms with Crippen molar-refractivity contribution in [3.8, 4) is 5.88 Å². The van der Waals surface area contributed by atoms with Crippen molar-refractivity contribution in [1.29, 1.82) is 0 Å². The zero-order valence-electron chi connectivity index (χ0n) is 22.8. The maximum Gasteiger partial charge on any atom is 0.353 e. The van der Waals surface area contributed by atoms with Crippen LogP contribution in [0.4, 0.5) is 17.1 Å². The standard InChI is InChI=1S/C24H27N5O13/c1-5-38-19-8-9-27(24(33)26-19)23-20(25-16-7-6-15(28(34)35)10-17(16)29(36)37)22(41-14(4)32)21(40-13(3)31)18(42-23)11-39-12(2)30/h6-10,18,20-23,25H,5,11H2,1-4H3/t18-,20-,21+,22-,23-/m0/s1. The summed E-state index contributed by atoms with van der Waals surface area (Å²) in [5.41, 5.74) is -2.50. The Morgan fingerprint density at radius 2 is 1.69 bits per heavy atom. The van der Waals surface area contributed by atoms with Crippen molar-refractivity contribution in [3.63, 3.8) is 0 Å². The summed E-state index contributed by atoms with van der Waals surface area (Å²) in [6.45, 7) is 4.59. The number of non-ortho nitro benzene ring substituents is 1. The smallest absolute Gasteiger partial charge is 0.353 e. The number of nitrogens with one attached hydrogen (secondary N) is 1. The summed E-state index contributed by atoms with van der Waals surface area (Å²) in [6, 6.07) is 2.65. The molecule has 2 heterocycles. The van der Waals surface area contributed by atoms with Crippen molar-refractivity contribution in [2.45, 2.75) is 58.3 Å². The Hall–Kier alpha value is -5.13. The summed E-state index contributed by atoms with van der Waals surface area (Å²) in [5.74, 6) is -2.45. The fraction of sp³-hybridized carbons (Fsp3) is 0.458. The van der Waals surface area contributed by atoms with Gasteiger partial charge in [-0.2, -0.15) is 4.98 Å². The summed E-state index contributed by atoms with van der Waals surface area (Å²) in [4.78, 5) is 74.2. The van der Waals surface area contributed by atoms with Gasteiger partial charge in [0.25, 0.3) is 11.4 Å². The van der Waals surface area contributed by atoms with Crippen LogP contribution < -0.4 is 15.7 Å². The molecule has 0 amide bonds. The second-order valence-corrected chi connectivity index (χ2v) is 8.79. The molecule has 18 heteroatoms. The van der Waals surface area contributed by atoms with Crippen molar-refractivity contribution in [2.75, 3.05) is 18.5 Å². The Morgan fingerprint density at radius 1 is 1.02 bits per heavy atom. The van der Waals surface area contributed by atoms with Crippen LogP contribution in [0.3, 0.4) is 0 Å². The molecule has 0 bridgehead atoms. The van der Waals surface area contributed by atoms with Crippen LogP contribution >= 0.6 is 0 Å². The van der Waals surface area contributed by atoms with E-state index in [-0.39, 0.29) is 18.2 Å². The largest absolute Gasteiger partial charge is 0.478 e. The summed E-state index contributed by atoms with van der Waals surface area (Å²) in [5, 5.41) is 25.9. The lowest BCUT2D eigenvalue weighted by Gasteiger charge is -2.45. The maximum absolute atomic E-state index is 13.1. The number of esters is 3. The lowest BCUT2D eigenvalue weighted by molar-refractivity contribution is -0.393. The summed E-state index contributed by atoms with van der Waals surface area (Å²) in [7, 11) is 0. The molecule has 0 unspecified atom stereocenters. The van der Waals surface area contributed by atoms with E-state index in [1.165, 1.54) is 12.3 Å². The molecule has 1 fully saturated rings. The molecule has 18 nitrogen and oxygen atoms in total. The fourth-order valence-corrected chi connectivity index (χ4v) is 4.22. The van der Waals surface area contributed by atoms with Crippen LogP contribution in [0.5, 0.6) is 5.88 Å². The molecular weight excluding hydrogens is 566 g/mol. The predicted molar refractivity (Wildman–Crippen MR) is 138 cm³/mol. The maximum atomic E-state index is 13.1. The first-order chi connectivity index (χ1) is 19.8. The molecule has 1 aromatic heterocycles. The number of aromatic nitrogens is 2. The Bertz CT molecular complexity index is 1430. The minimum Gasteiger partial charge on any atom is -0.478 e. The second kappa shape index (κ2) is 13.5. The average molecular weight is 594 g/mol. The highest BCUT2D eigenvalue weighted by Crippen LogP contribution is 2.37. The zero-order chi connectivity index (χ0) is 31.1. The van der Waals surface area contributed by atoms with E-state index >= 15 is 0 Å². The molecule has 3 rings (SSSR count). The minimum atomic E-state index is -1.51. The molecule has 0 spiro atoms. The first-order valence-corrected chi connectivity index (χ1v) is 12.4. The highest BCUT2D eigenvalue weighted by atomic mass is 16.6. The lowest BCUT2D eigenvalue weighted by Crippen LogP contribution is -2.62. The highest BCUT2D eigenvalue weighted by Gasteiger charge is 2.52. The molecule has 1 aliphatic rings.